The topological polar surface area (TPSA) is 80.9 Å². The molecule has 17 heavy (non-hydrogen) atoms. The zero-order valence-electron chi connectivity index (χ0n) is 10.1. The number of carbonyl (C=O) groups excluding carboxylic acids is 1. The van der Waals surface area contributed by atoms with Gasteiger partial charge in [0.2, 0.25) is 5.91 Å². The number of thioether (sulfide) groups is 1. The molecular weight excluding hydrogens is 256 g/mol. The molecule has 0 aliphatic heterocycles. The summed E-state index contributed by atoms with van der Waals surface area (Å²) in [6, 6.07) is -0.244. The van der Waals surface area contributed by atoms with Gasteiger partial charge in [-0.25, -0.2) is 4.98 Å². The molecule has 1 heterocycles. The quantitative estimate of drug-likeness (QED) is 0.692. The molecule has 0 bridgehead atoms. The van der Waals surface area contributed by atoms with E-state index >= 15 is 0 Å². The maximum absolute atomic E-state index is 11.1. The van der Waals surface area contributed by atoms with Crippen LogP contribution in [0.3, 0.4) is 0 Å². The third-order valence-electron chi connectivity index (χ3n) is 2.19. The van der Waals surface area contributed by atoms with Crippen LogP contribution in [0.1, 0.15) is 26.1 Å². The van der Waals surface area contributed by atoms with Gasteiger partial charge in [0, 0.05) is 12.2 Å². The number of amides is 1. The van der Waals surface area contributed by atoms with Gasteiger partial charge in [-0.15, -0.1) is 0 Å². The number of carbonyl (C=O) groups is 1. The molecule has 1 atom stereocenters. The fourth-order valence-corrected chi connectivity index (χ4v) is 3.07. The van der Waals surface area contributed by atoms with Crippen molar-refractivity contribution in [1.82, 2.24) is 14.7 Å². The van der Waals surface area contributed by atoms with Crippen molar-refractivity contribution in [2.75, 3.05) is 12.3 Å². The molecular formula is C10H18N4OS2. The Kier molecular flexibility index (Phi) is 6.46. The maximum Gasteiger partial charge on any atom is 0.234 e. The van der Waals surface area contributed by atoms with Crippen LogP contribution in [0.4, 0.5) is 0 Å². The van der Waals surface area contributed by atoms with Gasteiger partial charge >= 0.3 is 0 Å². The van der Waals surface area contributed by atoms with Gasteiger partial charge in [-0.3, -0.25) is 4.79 Å². The molecule has 0 saturated heterocycles. The lowest BCUT2D eigenvalue weighted by atomic mass is 10.2. The number of hydrogen-bond donors (Lipinski definition) is 2. The SMILES string of the molecule is CCNC(CCSc1nc(CC)ns1)C(N)=O. The molecule has 0 saturated carbocycles. The van der Waals surface area contributed by atoms with Crippen molar-refractivity contribution >= 4 is 29.2 Å². The van der Waals surface area contributed by atoms with E-state index in [2.05, 4.69) is 14.7 Å². The van der Waals surface area contributed by atoms with E-state index in [9.17, 15) is 4.79 Å². The Hall–Kier alpha value is -0.660. The van der Waals surface area contributed by atoms with Crippen LogP contribution in [0, 0.1) is 0 Å². The molecule has 1 rings (SSSR count). The molecule has 96 valence electrons. The van der Waals surface area contributed by atoms with Crippen LogP contribution in [-0.2, 0) is 11.2 Å². The average Bonchev–Trinajstić information content (AvgIpc) is 2.75. The standard InChI is InChI=1S/C10H18N4OS2/c1-3-8-13-10(17-14-8)16-6-5-7(9(11)15)12-4-2/h7,12H,3-6H2,1-2H3,(H2,11,15). The molecule has 5 nitrogen and oxygen atoms in total. The van der Waals surface area contributed by atoms with E-state index in [-0.39, 0.29) is 11.9 Å². The van der Waals surface area contributed by atoms with Crippen LogP contribution < -0.4 is 11.1 Å². The van der Waals surface area contributed by atoms with Crippen molar-refractivity contribution in [2.45, 2.75) is 37.1 Å². The van der Waals surface area contributed by atoms with Gasteiger partial charge in [0.15, 0.2) is 4.34 Å². The average molecular weight is 274 g/mol. The summed E-state index contributed by atoms with van der Waals surface area (Å²) in [5.74, 6) is 1.41. The summed E-state index contributed by atoms with van der Waals surface area (Å²) < 4.78 is 5.17. The highest BCUT2D eigenvalue weighted by Crippen LogP contribution is 2.21. The molecule has 3 N–H and O–H groups in total. The normalized spacial score (nSPS) is 12.6. The lowest BCUT2D eigenvalue weighted by molar-refractivity contribution is -0.120. The molecule has 0 aliphatic carbocycles. The van der Waals surface area contributed by atoms with Crippen LogP contribution in [0.15, 0.2) is 4.34 Å². The molecule has 1 aromatic heterocycles. The van der Waals surface area contributed by atoms with Gasteiger partial charge < -0.3 is 11.1 Å². The second kappa shape index (κ2) is 7.62. The summed E-state index contributed by atoms with van der Waals surface area (Å²) in [5.41, 5.74) is 5.29. The molecule has 1 unspecified atom stereocenters. The Morgan fingerprint density at radius 1 is 1.59 bits per heavy atom. The molecule has 0 radical (unpaired) electrons. The van der Waals surface area contributed by atoms with Crippen LogP contribution in [0.25, 0.3) is 0 Å². The summed E-state index contributed by atoms with van der Waals surface area (Å²) >= 11 is 3.04. The first kappa shape index (κ1) is 14.4. The molecule has 1 amide bonds. The van der Waals surface area contributed by atoms with Gasteiger partial charge in [-0.2, -0.15) is 4.37 Å². The predicted molar refractivity (Wildman–Crippen MR) is 71.3 cm³/mol. The summed E-state index contributed by atoms with van der Waals surface area (Å²) in [6.07, 6.45) is 1.58. The number of nitrogens with zero attached hydrogens (tertiary/aromatic N) is 2. The second-order valence-electron chi connectivity index (χ2n) is 3.48. The van der Waals surface area contributed by atoms with E-state index in [1.54, 1.807) is 11.8 Å². The van der Waals surface area contributed by atoms with Gasteiger partial charge in [-0.1, -0.05) is 25.6 Å². The molecule has 0 spiro atoms. The largest absolute Gasteiger partial charge is 0.368 e. The molecule has 0 aliphatic rings. The molecule has 7 heteroatoms. The zero-order valence-corrected chi connectivity index (χ0v) is 11.7. The summed E-state index contributed by atoms with van der Waals surface area (Å²) in [6.45, 7) is 4.74. The van der Waals surface area contributed by atoms with Crippen molar-refractivity contribution in [3.05, 3.63) is 5.82 Å². The third kappa shape index (κ3) is 5.01. The van der Waals surface area contributed by atoms with Gasteiger partial charge in [-0.05, 0) is 24.5 Å². The fourth-order valence-electron chi connectivity index (χ4n) is 1.30. The Labute approximate surface area is 110 Å². The Bertz CT molecular complexity index is 356. The minimum absolute atomic E-state index is 0.244. The first-order chi connectivity index (χ1) is 8.17. The minimum atomic E-state index is -0.293. The Morgan fingerprint density at radius 3 is 2.88 bits per heavy atom. The van der Waals surface area contributed by atoms with Gasteiger partial charge in [0.25, 0.3) is 0 Å². The number of primary amides is 1. The lowest BCUT2D eigenvalue weighted by Gasteiger charge is -2.12. The highest BCUT2D eigenvalue weighted by molar-refractivity contribution is 8.00. The number of aromatic nitrogens is 2. The van der Waals surface area contributed by atoms with Crippen LogP contribution >= 0.6 is 23.3 Å². The van der Waals surface area contributed by atoms with E-state index in [4.69, 9.17) is 5.73 Å². The molecule has 0 fully saturated rings. The second-order valence-corrected chi connectivity index (χ2v) is 5.57. The Balaban J connectivity index is 2.32. The monoisotopic (exact) mass is 274 g/mol. The van der Waals surface area contributed by atoms with Crippen LogP contribution in [0.2, 0.25) is 0 Å². The minimum Gasteiger partial charge on any atom is -0.368 e. The van der Waals surface area contributed by atoms with E-state index in [0.717, 1.165) is 35.3 Å². The number of hydrogen-bond acceptors (Lipinski definition) is 6. The smallest absolute Gasteiger partial charge is 0.234 e. The highest BCUT2D eigenvalue weighted by atomic mass is 32.2. The van der Waals surface area contributed by atoms with E-state index in [1.807, 2.05) is 13.8 Å². The van der Waals surface area contributed by atoms with Gasteiger partial charge in [0.1, 0.15) is 5.82 Å². The van der Waals surface area contributed by atoms with E-state index in [1.165, 1.54) is 11.5 Å². The predicted octanol–water partition coefficient (Wildman–Crippen LogP) is 1.05. The van der Waals surface area contributed by atoms with E-state index < -0.39 is 0 Å². The van der Waals surface area contributed by atoms with Crippen molar-refractivity contribution in [2.24, 2.45) is 5.73 Å². The molecule has 1 aromatic rings. The number of aryl methyl sites for hydroxylation is 1. The number of rotatable bonds is 8. The first-order valence-electron chi connectivity index (χ1n) is 5.65. The zero-order chi connectivity index (χ0) is 12.7. The summed E-state index contributed by atoms with van der Waals surface area (Å²) in [5, 5.41) is 3.06. The number of likely N-dealkylation sites (N-methyl/N-ethyl adjacent to an activating group) is 1. The molecule has 0 aromatic carbocycles. The first-order valence-corrected chi connectivity index (χ1v) is 7.41. The number of nitrogens with two attached hydrogens (primary N) is 1. The third-order valence-corrected chi connectivity index (χ3v) is 4.10. The van der Waals surface area contributed by atoms with Crippen molar-refractivity contribution in [3.8, 4) is 0 Å². The lowest BCUT2D eigenvalue weighted by Crippen LogP contribution is -2.41. The summed E-state index contributed by atoms with van der Waals surface area (Å²) in [4.78, 5) is 15.5. The Morgan fingerprint density at radius 2 is 2.35 bits per heavy atom. The van der Waals surface area contributed by atoms with E-state index in [0.29, 0.717) is 0 Å². The van der Waals surface area contributed by atoms with Crippen LogP contribution in [0.5, 0.6) is 0 Å². The van der Waals surface area contributed by atoms with Gasteiger partial charge in [0.05, 0.1) is 6.04 Å². The fraction of sp³-hybridized carbons (Fsp3) is 0.700. The summed E-state index contributed by atoms with van der Waals surface area (Å²) in [7, 11) is 0. The number of nitrogens with one attached hydrogen (secondary N) is 1. The van der Waals surface area contributed by atoms with Crippen molar-refractivity contribution < 1.29 is 4.79 Å². The van der Waals surface area contributed by atoms with Crippen molar-refractivity contribution in [1.29, 1.82) is 0 Å². The van der Waals surface area contributed by atoms with Crippen LogP contribution in [-0.4, -0.2) is 33.6 Å². The maximum atomic E-state index is 11.1. The highest BCUT2D eigenvalue weighted by Gasteiger charge is 2.13. The van der Waals surface area contributed by atoms with Crippen molar-refractivity contribution in [3.63, 3.8) is 0 Å².